The Labute approximate surface area is 90.2 Å². The van der Waals surface area contributed by atoms with Crippen LogP contribution in [-0.4, -0.2) is 13.2 Å². The molecule has 1 aliphatic rings. The second-order valence-electron chi connectivity index (χ2n) is 4.51. The van der Waals surface area contributed by atoms with Crippen molar-refractivity contribution in [1.29, 1.82) is 0 Å². The summed E-state index contributed by atoms with van der Waals surface area (Å²) < 4.78 is 5.34. The van der Waals surface area contributed by atoms with Gasteiger partial charge in [0.25, 0.3) is 0 Å². The molecule has 0 heterocycles. The topological polar surface area (TPSA) is 9.23 Å². The molecule has 0 amide bonds. The first-order chi connectivity index (χ1) is 6.72. The molecule has 1 nitrogen and oxygen atoms in total. The third-order valence-corrected chi connectivity index (χ3v) is 2.93. The Hall–Kier alpha value is -0.0400. The van der Waals surface area contributed by atoms with Crippen LogP contribution in [0.4, 0.5) is 0 Å². The highest BCUT2D eigenvalue weighted by atomic mass is 16.5. The van der Waals surface area contributed by atoms with Crippen molar-refractivity contribution in [3.63, 3.8) is 0 Å². The Morgan fingerprint density at radius 2 is 1.57 bits per heavy atom. The van der Waals surface area contributed by atoms with Crippen LogP contribution in [0.3, 0.4) is 0 Å². The number of hydrogen-bond acceptors (Lipinski definition) is 1. The van der Waals surface area contributed by atoms with E-state index in [0.717, 1.165) is 11.8 Å². The van der Waals surface area contributed by atoms with Gasteiger partial charge in [-0.05, 0) is 43.9 Å². The monoisotopic (exact) mass is 200 g/mol. The van der Waals surface area contributed by atoms with Gasteiger partial charge in [-0.1, -0.05) is 27.7 Å². The first-order valence-electron chi connectivity index (χ1n) is 6.25. The van der Waals surface area contributed by atoms with E-state index in [4.69, 9.17) is 4.74 Å². The zero-order valence-electron chi connectivity index (χ0n) is 10.7. The zero-order valence-corrected chi connectivity index (χ0v) is 10.7. The molecule has 1 heteroatoms. The fourth-order valence-electron chi connectivity index (χ4n) is 2.27. The molecule has 0 aromatic carbocycles. The van der Waals surface area contributed by atoms with Crippen molar-refractivity contribution in [2.24, 2.45) is 11.8 Å². The van der Waals surface area contributed by atoms with Crippen LogP contribution >= 0.6 is 0 Å². The van der Waals surface area contributed by atoms with E-state index in [1.807, 2.05) is 21.0 Å². The molecule has 0 N–H and O–H groups in total. The summed E-state index contributed by atoms with van der Waals surface area (Å²) in [5, 5.41) is 0. The van der Waals surface area contributed by atoms with Gasteiger partial charge in [-0.25, -0.2) is 0 Å². The minimum Gasteiger partial charge on any atom is -0.381 e. The van der Waals surface area contributed by atoms with Crippen LogP contribution in [-0.2, 0) is 4.74 Å². The van der Waals surface area contributed by atoms with Crippen LogP contribution in [0.1, 0.15) is 59.8 Å². The Morgan fingerprint density at radius 1 is 1.07 bits per heavy atom. The second kappa shape index (κ2) is 8.28. The average Bonchev–Trinajstić information content (AvgIpc) is 2.21. The lowest BCUT2D eigenvalue weighted by Crippen LogP contribution is -2.21. The Bertz CT molecular complexity index is 112. The highest BCUT2D eigenvalue weighted by Gasteiger charge is 2.20. The standard InChI is InChI=1S/C11H22O.C2H6/c1-9(2)8-10-4-6-11(12-3)7-5-10;1-2/h9-11H,4-8H2,1-3H3;1-2H3. The first-order valence-corrected chi connectivity index (χ1v) is 6.25. The molecule has 0 atom stereocenters. The Morgan fingerprint density at radius 3 is 1.93 bits per heavy atom. The van der Waals surface area contributed by atoms with E-state index < -0.39 is 0 Å². The number of hydrogen-bond donors (Lipinski definition) is 0. The van der Waals surface area contributed by atoms with E-state index >= 15 is 0 Å². The molecule has 0 aromatic heterocycles. The van der Waals surface area contributed by atoms with Gasteiger partial charge in [-0.2, -0.15) is 0 Å². The van der Waals surface area contributed by atoms with Gasteiger partial charge in [0.15, 0.2) is 0 Å². The molecular weight excluding hydrogens is 172 g/mol. The van der Waals surface area contributed by atoms with Crippen LogP contribution in [0.2, 0.25) is 0 Å². The molecule has 0 saturated heterocycles. The summed E-state index contributed by atoms with van der Waals surface area (Å²) in [5.74, 6) is 1.85. The first kappa shape index (κ1) is 14.0. The SMILES string of the molecule is CC.COC1CCC(CC(C)C)CC1. The van der Waals surface area contributed by atoms with Gasteiger partial charge in [0, 0.05) is 7.11 Å². The van der Waals surface area contributed by atoms with Crippen LogP contribution in [0, 0.1) is 11.8 Å². The molecule has 1 rings (SSSR count). The van der Waals surface area contributed by atoms with E-state index in [-0.39, 0.29) is 0 Å². The van der Waals surface area contributed by atoms with Crippen molar-refractivity contribution in [1.82, 2.24) is 0 Å². The van der Waals surface area contributed by atoms with E-state index in [1.54, 1.807) is 0 Å². The van der Waals surface area contributed by atoms with E-state index in [1.165, 1.54) is 32.1 Å². The lowest BCUT2D eigenvalue weighted by Gasteiger charge is -2.28. The maximum Gasteiger partial charge on any atom is 0.0571 e. The summed E-state index contributed by atoms with van der Waals surface area (Å²) >= 11 is 0. The largest absolute Gasteiger partial charge is 0.381 e. The molecule has 0 spiro atoms. The van der Waals surface area contributed by atoms with Gasteiger partial charge < -0.3 is 4.74 Å². The fourth-order valence-corrected chi connectivity index (χ4v) is 2.27. The highest BCUT2D eigenvalue weighted by molar-refractivity contribution is 4.73. The highest BCUT2D eigenvalue weighted by Crippen LogP contribution is 2.30. The van der Waals surface area contributed by atoms with Crippen molar-refractivity contribution in [3.05, 3.63) is 0 Å². The summed E-state index contributed by atoms with van der Waals surface area (Å²) in [6.07, 6.45) is 7.32. The Balaban J connectivity index is 0.000000791. The quantitative estimate of drug-likeness (QED) is 0.661. The predicted octanol–water partition coefficient (Wildman–Crippen LogP) is 4.26. The number of methoxy groups -OCH3 is 1. The van der Waals surface area contributed by atoms with Gasteiger partial charge >= 0.3 is 0 Å². The number of rotatable bonds is 3. The fraction of sp³-hybridized carbons (Fsp3) is 1.00. The van der Waals surface area contributed by atoms with Crippen molar-refractivity contribution < 1.29 is 4.74 Å². The summed E-state index contributed by atoms with van der Waals surface area (Å²) in [7, 11) is 1.84. The van der Waals surface area contributed by atoms with Gasteiger partial charge in [0.05, 0.1) is 6.10 Å². The molecule has 0 unspecified atom stereocenters. The predicted molar refractivity (Wildman–Crippen MR) is 63.6 cm³/mol. The normalized spacial score (nSPS) is 27.0. The smallest absolute Gasteiger partial charge is 0.0571 e. The summed E-state index contributed by atoms with van der Waals surface area (Å²) in [5.41, 5.74) is 0. The van der Waals surface area contributed by atoms with Crippen LogP contribution in [0.25, 0.3) is 0 Å². The van der Waals surface area contributed by atoms with Crippen molar-refractivity contribution in [2.45, 2.75) is 65.9 Å². The molecule has 1 fully saturated rings. The maximum absolute atomic E-state index is 5.34. The molecule has 1 saturated carbocycles. The molecule has 0 radical (unpaired) electrons. The molecule has 14 heavy (non-hydrogen) atoms. The third-order valence-electron chi connectivity index (χ3n) is 2.93. The van der Waals surface area contributed by atoms with E-state index in [9.17, 15) is 0 Å². The Kier molecular flexibility index (Phi) is 8.26. The van der Waals surface area contributed by atoms with Crippen molar-refractivity contribution in [2.75, 3.05) is 7.11 Å². The third kappa shape index (κ3) is 5.64. The average molecular weight is 200 g/mol. The molecule has 1 aliphatic carbocycles. The zero-order chi connectivity index (χ0) is 11.0. The van der Waals surface area contributed by atoms with Gasteiger partial charge in [0.2, 0.25) is 0 Å². The van der Waals surface area contributed by atoms with Crippen molar-refractivity contribution >= 4 is 0 Å². The van der Waals surface area contributed by atoms with E-state index in [2.05, 4.69) is 13.8 Å². The van der Waals surface area contributed by atoms with Gasteiger partial charge in [-0.3, -0.25) is 0 Å². The molecule has 0 aromatic rings. The lowest BCUT2D eigenvalue weighted by atomic mass is 9.82. The van der Waals surface area contributed by atoms with Crippen molar-refractivity contribution in [3.8, 4) is 0 Å². The molecule has 0 bridgehead atoms. The van der Waals surface area contributed by atoms with Crippen LogP contribution in [0.15, 0.2) is 0 Å². The number of ether oxygens (including phenoxy) is 1. The van der Waals surface area contributed by atoms with Crippen LogP contribution in [0.5, 0.6) is 0 Å². The molecule has 86 valence electrons. The van der Waals surface area contributed by atoms with E-state index in [0.29, 0.717) is 6.10 Å². The minimum absolute atomic E-state index is 0.563. The summed E-state index contributed by atoms with van der Waals surface area (Å²) in [4.78, 5) is 0. The van der Waals surface area contributed by atoms with Gasteiger partial charge in [0.1, 0.15) is 0 Å². The molecule has 0 aliphatic heterocycles. The molecular formula is C13H28O. The summed E-state index contributed by atoms with van der Waals surface area (Å²) in [6.45, 7) is 8.64. The second-order valence-corrected chi connectivity index (χ2v) is 4.51. The minimum atomic E-state index is 0.563. The van der Waals surface area contributed by atoms with Gasteiger partial charge in [-0.15, -0.1) is 0 Å². The summed E-state index contributed by atoms with van der Waals surface area (Å²) in [6, 6.07) is 0. The maximum atomic E-state index is 5.34. The van der Waals surface area contributed by atoms with Crippen LogP contribution < -0.4 is 0 Å². The lowest BCUT2D eigenvalue weighted by molar-refractivity contribution is 0.0536.